The second kappa shape index (κ2) is 4.42. The fourth-order valence-electron chi connectivity index (χ4n) is 1.67. The van der Waals surface area contributed by atoms with Gasteiger partial charge in [0.1, 0.15) is 0 Å². The molecule has 0 aromatic heterocycles. The molecule has 1 fully saturated rings. The van der Waals surface area contributed by atoms with E-state index in [0.717, 1.165) is 19.4 Å². The fourth-order valence-corrected chi connectivity index (χ4v) is 1.67. The number of carboxylic acid groups (broad SMARTS) is 1. The van der Waals surface area contributed by atoms with E-state index in [1.165, 1.54) is 0 Å². The average Bonchev–Trinajstić information content (AvgIpc) is 2.05. The highest BCUT2D eigenvalue weighted by Crippen LogP contribution is 2.18. The number of hydrogen-bond acceptors (Lipinski definition) is 3. The molecule has 0 radical (unpaired) electrons. The van der Waals surface area contributed by atoms with Crippen LogP contribution >= 0.6 is 0 Å². The highest BCUT2D eigenvalue weighted by Gasteiger charge is 2.25. The normalized spacial score (nSPS) is 30.1. The van der Waals surface area contributed by atoms with Crippen molar-refractivity contribution in [2.75, 3.05) is 19.6 Å². The van der Waals surface area contributed by atoms with Crippen molar-refractivity contribution in [1.29, 1.82) is 0 Å². The molecule has 70 valence electrons. The molecule has 1 aliphatic heterocycles. The van der Waals surface area contributed by atoms with Crippen molar-refractivity contribution in [3.05, 3.63) is 0 Å². The van der Waals surface area contributed by atoms with Gasteiger partial charge in [0.05, 0.1) is 5.92 Å². The Morgan fingerprint density at radius 2 is 2.33 bits per heavy atom. The molecule has 0 saturated carbocycles. The minimum absolute atomic E-state index is 0.213. The number of carboxylic acids is 1. The van der Waals surface area contributed by atoms with Gasteiger partial charge < -0.3 is 16.2 Å². The summed E-state index contributed by atoms with van der Waals surface area (Å²) in [6.45, 7) is 2.18. The number of piperidine rings is 1. The first-order valence-corrected chi connectivity index (χ1v) is 4.37. The smallest absolute Gasteiger partial charge is 0.307 e. The van der Waals surface area contributed by atoms with Gasteiger partial charge in [-0.05, 0) is 31.8 Å². The van der Waals surface area contributed by atoms with Gasteiger partial charge in [-0.15, -0.1) is 0 Å². The molecule has 0 aliphatic carbocycles. The van der Waals surface area contributed by atoms with E-state index in [0.29, 0.717) is 19.0 Å². The molecule has 0 bridgehead atoms. The molecular formula is C8H16N2O2. The van der Waals surface area contributed by atoms with Gasteiger partial charge in [-0.2, -0.15) is 0 Å². The molecule has 0 aromatic carbocycles. The Labute approximate surface area is 72.1 Å². The highest BCUT2D eigenvalue weighted by molar-refractivity contribution is 5.70. The van der Waals surface area contributed by atoms with E-state index in [2.05, 4.69) is 5.32 Å². The summed E-state index contributed by atoms with van der Waals surface area (Å²) < 4.78 is 0. The monoisotopic (exact) mass is 172 g/mol. The Kier molecular flexibility index (Phi) is 3.49. The van der Waals surface area contributed by atoms with Crippen LogP contribution in [0.3, 0.4) is 0 Å². The summed E-state index contributed by atoms with van der Waals surface area (Å²) in [6, 6.07) is 0. The zero-order valence-electron chi connectivity index (χ0n) is 7.12. The second-order valence-corrected chi connectivity index (χ2v) is 3.37. The van der Waals surface area contributed by atoms with Crippen molar-refractivity contribution in [3.63, 3.8) is 0 Å². The van der Waals surface area contributed by atoms with Gasteiger partial charge >= 0.3 is 5.97 Å². The van der Waals surface area contributed by atoms with Crippen LogP contribution < -0.4 is 11.1 Å². The number of nitrogens with one attached hydrogen (secondary N) is 1. The van der Waals surface area contributed by atoms with Gasteiger partial charge in [-0.3, -0.25) is 4.79 Å². The van der Waals surface area contributed by atoms with Crippen LogP contribution in [0.2, 0.25) is 0 Å². The summed E-state index contributed by atoms with van der Waals surface area (Å²) >= 11 is 0. The first-order chi connectivity index (χ1) is 5.74. The van der Waals surface area contributed by atoms with E-state index >= 15 is 0 Å². The Bertz CT molecular complexity index is 159. The zero-order valence-corrected chi connectivity index (χ0v) is 7.12. The number of carbonyl (C=O) groups is 1. The van der Waals surface area contributed by atoms with Crippen molar-refractivity contribution in [2.24, 2.45) is 17.6 Å². The van der Waals surface area contributed by atoms with Crippen LogP contribution in [-0.4, -0.2) is 30.7 Å². The van der Waals surface area contributed by atoms with Crippen LogP contribution in [0.15, 0.2) is 0 Å². The SMILES string of the molecule is NCC[C@@H]1CNC[C@H](C(=O)O)C1. The molecule has 1 rings (SSSR count). The highest BCUT2D eigenvalue weighted by atomic mass is 16.4. The molecule has 0 unspecified atom stereocenters. The largest absolute Gasteiger partial charge is 0.481 e. The van der Waals surface area contributed by atoms with Crippen molar-refractivity contribution >= 4 is 5.97 Å². The van der Waals surface area contributed by atoms with Gasteiger partial charge in [0, 0.05) is 6.54 Å². The lowest BCUT2D eigenvalue weighted by Crippen LogP contribution is -2.40. The maximum Gasteiger partial charge on any atom is 0.307 e. The van der Waals surface area contributed by atoms with Gasteiger partial charge in [0.25, 0.3) is 0 Å². The Hall–Kier alpha value is -0.610. The van der Waals surface area contributed by atoms with E-state index in [4.69, 9.17) is 10.8 Å². The van der Waals surface area contributed by atoms with Crippen LogP contribution in [0.1, 0.15) is 12.8 Å². The summed E-state index contributed by atoms with van der Waals surface area (Å²) in [6.07, 6.45) is 1.70. The van der Waals surface area contributed by atoms with Crippen LogP contribution in [0, 0.1) is 11.8 Å². The van der Waals surface area contributed by atoms with E-state index in [9.17, 15) is 4.79 Å². The minimum Gasteiger partial charge on any atom is -0.481 e. The third-order valence-corrected chi connectivity index (χ3v) is 2.37. The number of rotatable bonds is 3. The Morgan fingerprint density at radius 1 is 1.58 bits per heavy atom. The maximum absolute atomic E-state index is 10.6. The van der Waals surface area contributed by atoms with E-state index in [1.54, 1.807) is 0 Å². The van der Waals surface area contributed by atoms with Crippen LogP contribution in [0.25, 0.3) is 0 Å². The molecule has 1 saturated heterocycles. The third-order valence-electron chi connectivity index (χ3n) is 2.37. The molecule has 4 heteroatoms. The summed E-state index contributed by atoms with van der Waals surface area (Å²) in [7, 11) is 0. The average molecular weight is 172 g/mol. The first kappa shape index (κ1) is 9.48. The molecule has 12 heavy (non-hydrogen) atoms. The minimum atomic E-state index is -0.691. The summed E-state index contributed by atoms with van der Waals surface area (Å²) in [5, 5.41) is 11.9. The fraction of sp³-hybridized carbons (Fsp3) is 0.875. The molecular weight excluding hydrogens is 156 g/mol. The topological polar surface area (TPSA) is 75.3 Å². The Morgan fingerprint density at radius 3 is 2.92 bits per heavy atom. The van der Waals surface area contributed by atoms with E-state index < -0.39 is 5.97 Å². The third kappa shape index (κ3) is 2.46. The molecule has 0 aromatic rings. The first-order valence-electron chi connectivity index (χ1n) is 4.37. The molecule has 0 spiro atoms. The van der Waals surface area contributed by atoms with Crippen molar-refractivity contribution in [2.45, 2.75) is 12.8 Å². The predicted molar refractivity (Wildman–Crippen MR) is 45.8 cm³/mol. The lowest BCUT2D eigenvalue weighted by atomic mass is 9.88. The maximum atomic E-state index is 10.6. The lowest BCUT2D eigenvalue weighted by Gasteiger charge is -2.27. The predicted octanol–water partition coefficient (Wildman–Crippen LogP) is -0.355. The van der Waals surface area contributed by atoms with E-state index in [-0.39, 0.29) is 5.92 Å². The Balaban J connectivity index is 2.35. The molecule has 1 heterocycles. The molecule has 1 aliphatic rings. The molecule has 4 nitrogen and oxygen atoms in total. The number of nitrogens with two attached hydrogens (primary N) is 1. The van der Waals surface area contributed by atoms with Crippen molar-refractivity contribution in [1.82, 2.24) is 5.32 Å². The number of aliphatic carboxylic acids is 1. The molecule has 4 N–H and O–H groups in total. The van der Waals surface area contributed by atoms with Crippen LogP contribution in [-0.2, 0) is 4.79 Å². The second-order valence-electron chi connectivity index (χ2n) is 3.37. The standard InChI is InChI=1S/C8H16N2O2/c9-2-1-6-3-7(8(11)12)5-10-4-6/h6-7,10H,1-5,9H2,(H,11,12)/t6-,7+/m0/s1. The van der Waals surface area contributed by atoms with Gasteiger partial charge in [0.15, 0.2) is 0 Å². The van der Waals surface area contributed by atoms with E-state index in [1.807, 2.05) is 0 Å². The van der Waals surface area contributed by atoms with Gasteiger partial charge in [-0.25, -0.2) is 0 Å². The summed E-state index contributed by atoms with van der Waals surface area (Å²) in [5.74, 6) is -0.454. The lowest BCUT2D eigenvalue weighted by molar-refractivity contribution is -0.142. The van der Waals surface area contributed by atoms with Crippen molar-refractivity contribution < 1.29 is 9.90 Å². The van der Waals surface area contributed by atoms with Crippen molar-refractivity contribution in [3.8, 4) is 0 Å². The molecule has 2 atom stereocenters. The number of hydrogen-bond donors (Lipinski definition) is 3. The quantitative estimate of drug-likeness (QED) is 0.543. The summed E-state index contributed by atoms with van der Waals surface area (Å²) in [4.78, 5) is 10.6. The van der Waals surface area contributed by atoms with Crippen LogP contribution in [0.4, 0.5) is 0 Å². The zero-order chi connectivity index (χ0) is 8.97. The summed E-state index contributed by atoms with van der Waals surface area (Å²) in [5.41, 5.74) is 5.41. The van der Waals surface area contributed by atoms with Gasteiger partial charge in [0.2, 0.25) is 0 Å². The van der Waals surface area contributed by atoms with Crippen LogP contribution in [0.5, 0.6) is 0 Å². The van der Waals surface area contributed by atoms with Gasteiger partial charge in [-0.1, -0.05) is 0 Å². The molecule has 0 amide bonds.